The zero-order valence-electron chi connectivity index (χ0n) is 9.47. The first-order chi connectivity index (χ1) is 7.48. The molecule has 0 radical (unpaired) electrons. The van der Waals surface area contributed by atoms with Crippen LogP contribution in [0.25, 0.3) is 0 Å². The SMILES string of the molecule is CC1CCC(N)(Cc2ccc(Cl)c(F)c2)C1. The van der Waals surface area contributed by atoms with Crippen molar-refractivity contribution in [3.05, 3.63) is 34.6 Å². The third kappa shape index (κ3) is 2.55. The third-order valence-corrected chi connectivity index (χ3v) is 3.74. The summed E-state index contributed by atoms with van der Waals surface area (Å²) in [5.41, 5.74) is 7.10. The number of benzene rings is 1. The predicted molar refractivity (Wildman–Crippen MR) is 65.0 cm³/mol. The zero-order valence-corrected chi connectivity index (χ0v) is 10.2. The molecular weight excluding hydrogens is 225 g/mol. The molecule has 0 spiro atoms. The van der Waals surface area contributed by atoms with Gasteiger partial charge in [-0.2, -0.15) is 0 Å². The molecule has 0 bridgehead atoms. The second-order valence-electron chi connectivity index (χ2n) is 5.14. The molecule has 1 aromatic rings. The topological polar surface area (TPSA) is 26.0 Å². The Morgan fingerprint density at radius 1 is 1.56 bits per heavy atom. The number of nitrogens with two attached hydrogens (primary N) is 1. The van der Waals surface area contributed by atoms with Gasteiger partial charge in [-0.15, -0.1) is 0 Å². The van der Waals surface area contributed by atoms with E-state index in [4.69, 9.17) is 17.3 Å². The van der Waals surface area contributed by atoms with Gasteiger partial charge in [0.05, 0.1) is 5.02 Å². The first-order valence-corrected chi connectivity index (χ1v) is 6.09. The van der Waals surface area contributed by atoms with Crippen LogP contribution in [0.3, 0.4) is 0 Å². The first-order valence-electron chi connectivity index (χ1n) is 5.71. The molecule has 2 atom stereocenters. The number of halogens is 2. The quantitative estimate of drug-likeness (QED) is 0.842. The van der Waals surface area contributed by atoms with E-state index in [0.717, 1.165) is 24.8 Å². The molecule has 1 fully saturated rings. The molecule has 16 heavy (non-hydrogen) atoms. The summed E-state index contributed by atoms with van der Waals surface area (Å²) in [6, 6.07) is 4.97. The Kier molecular flexibility index (Phi) is 3.22. The molecular formula is C13H17ClFN. The highest BCUT2D eigenvalue weighted by Crippen LogP contribution is 2.35. The lowest BCUT2D eigenvalue weighted by molar-refractivity contribution is 0.418. The van der Waals surface area contributed by atoms with Gasteiger partial charge in [0, 0.05) is 5.54 Å². The van der Waals surface area contributed by atoms with Gasteiger partial charge in [-0.25, -0.2) is 4.39 Å². The lowest BCUT2D eigenvalue weighted by atomic mass is 9.89. The second-order valence-corrected chi connectivity index (χ2v) is 5.54. The van der Waals surface area contributed by atoms with E-state index in [0.29, 0.717) is 5.92 Å². The van der Waals surface area contributed by atoms with Gasteiger partial charge in [0.15, 0.2) is 0 Å². The summed E-state index contributed by atoms with van der Waals surface area (Å²) < 4.78 is 13.3. The highest BCUT2D eigenvalue weighted by atomic mass is 35.5. The van der Waals surface area contributed by atoms with E-state index in [1.54, 1.807) is 6.07 Å². The van der Waals surface area contributed by atoms with Gasteiger partial charge in [0.2, 0.25) is 0 Å². The van der Waals surface area contributed by atoms with Crippen molar-refractivity contribution in [2.24, 2.45) is 11.7 Å². The van der Waals surface area contributed by atoms with Crippen LogP contribution in [0.15, 0.2) is 18.2 Å². The highest BCUT2D eigenvalue weighted by Gasteiger charge is 2.33. The third-order valence-electron chi connectivity index (χ3n) is 3.43. The van der Waals surface area contributed by atoms with Crippen molar-refractivity contribution in [2.75, 3.05) is 0 Å². The van der Waals surface area contributed by atoms with E-state index in [1.807, 2.05) is 6.07 Å². The number of rotatable bonds is 2. The van der Waals surface area contributed by atoms with Crippen molar-refractivity contribution in [2.45, 2.75) is 38.1 Å². The van der Waals surface area contributed by atoms with Crippen LogP contribution < -0.4 is 5.73 Å². The molecule has 0 saturated heterocycles. The Balaban J connectivity index is 2.12. The minimum atomic E-state index is -0.353. The molecule has 0 aliphatic heterocycles. The summed E-state index contributed by atoms with van der Waals surface area (Å²) in [4.78, 5) is 0. The molecule has 2 N–H and O–H groups in total. The van der Waals surface area contributed by atoms with Crippen molar-refractivity contribution in [1.29, 1.82) is 0 Å². The normalized spacial score (nSPS) is 29.6. The van der Waals surface area contributed by atoms with Crippen LogP contribution in [0.1, 0.15) is 31.7 Å². The van der Waals surface area contributed by atoms with E-state index in [9.17, 15) is 4.39 Å². The van der Waals surface area contributed by atoms with Crippen LogP contribution in [0, 0.1) is 11.7 Å². The summed E-state index contributed by atoms with van der Waals surface area (Å²) in [5.74, 6) is 0.330. The molecule has 1 aliphatic rings. The fraction of sp³-hybridized carbons (Fsp3) is 0.538. The lowest BCUT2D eigenvalue weighted by Crippen LogP contribution is -2.39. The highest BCUT2D eigenvalue weighted by molar-refractivity contribution is 6.30. The molecule has 1 saturated carbocycles. The van der Waals surface area contributed by atoms with Gasteiger partial charge in [-0.1, -0.05) is 24.6 Å². The molecule has 1 aromatic carbocycles. The van der Waals surface area contributed by atoms with E-state index in [-0.39, 0.29) is 16.4 Å². The van der Waals surface area contributed by atoms with Crippen LogP contribution in [-0.4, -0.2) is 5.54 Å². The molecule has 0 aromatic heterocycles. The molecule has 0 heterocycles. The summed E-state index contributed by atoms with van der Waals surface area (Å²) in [6.07, 6.45) is 3.97. The van der Waals surface area contributed by atoms with Gasteiger partial charge in [0.1, 0.15) is 5.82 Å². The fourth-order valence-electron chi connectivity index (χ4n) is 2.65. The van der Waals surface area contributed by atoms with E-state index in [1.165, 1.54) is 12.5 Å². The van der Waals surface area contributed by atoms with Crippen LogP contribution >= 0.6 is 11.6 Å². The maximum absolute atomic E-state index is 13.3. The van der Waals surface area contributed by atoms with Gasteiger partial charge in [-0.3, -0.25) is 0 Å². The standard InChI is InChI=1S/C13H17ClFN/c1-9-4-5-13(16,7-9)8-10-2-3-11(14)12(15)6-10/h2-3,6,9H,4-5,7-8,16H2,1H3. The first kappa shape index (κ1) is 11.9. The van der Waals surface area contributed by atoms with Crippen LogP contribution in [-0.2, 0) is 6.42 Å². The van der Waals surface area contributed by atoms with Crippen molar-refractivity contribution in [3.8, 4) is 0 Å². The van der Waals surface area contributed by atoms with Gasteiger partial charge in [0.25, 0.3) is 0 Å². The Morgan fingerprint density at radius 3 is 2.88 bits per heavy atom. The number of hydrogen-bond donors (Lipinski definition) is 1. The van der Waals surface area contributed by atoms with Crippen molar-refractivity contribution in [3.63, 3.8) is 0 Å². The van der Waals surface area contributed by atoms with Gasteiger partial charge in [-0.05, 0) is 49.3 Å². The van der Waals surface area contributed by atoms with Gasteiger partial charge >= 0.3 is 0 Å². The minimum Gasteiger partial charge on any atom is -0.325 e. The molecule has 3 heteroatoms. The average Bonchev–Trinajstić information content (AvgIpc) is 2.52. The van der Waals surface area contributed by atoms with E-state index >= 15 is 0 Å². The Labute approximate surface area is 101 Å². The molecule has 2 rings (SSSR count). The summed E-state index contributed by atoms with van der Waals surface area (Å²) in [6.45, 7) is 2.22. The molecule has 2 unspecified atom stereocenters. The molecule has 88 valence electrons. The molecule has 1 nitrogen and oxygen atoms in total. The average molecular weight is 242 g/mol. The summed E-state index contributed by atoms with van der Waals surface area (Å²) >= 11 is 5.65. The van der Waals surface area contributed by atoms with E-state index in [2.05, 4.69) is 6.92 Å². The largest absolute Gasteiger partial charge is 0.325 e. The monoisotopic (exact) mass is 241 g/mol. The maximum atomic E-state index is 13.3. The van der Waals surface area contributed by atoms with Crippen molar-refractivity contribution >= 4 is 11.6 Å². The Bertz CT molecular complexity index is 394. The molecule has 1 aliphatic carbocycles. The van der Waals surface area contributed by atoms with Crippen LogP contribution in [0.5, 0.6) is 0 Å². The van der Waals surface area contributed by atoms with Crippen LogP contribution in [0.2, 0.25) is 5.02 Å². The van der Waals surface area contributed by atoms with Crippen molar-refractivity contribution in [1.82, 2.24) is 0 Å². The molecule has 0 amide bonds. The van der Waals surface area contributed by atoms with Gasteiger partial charge < -0.3 is 5.73 Å². The smallest absolute Gasteiger partial charge is 0.142 e. The van der Waals surface area contributed by atoms with E-state index < -0.39 is 0 Å². The second kappa shape index (κ2) is 4.34. The predicted octanol–water partition coefficient (Wildman–Crippen LogP) is 3.54. The van der Waals surface area contributed by atoms with Crippen LogP contribution in [0.4, 0.5) is 4.39 Å². The minimum absolute atomic E-state index is 0.153. The zero-order chi connectivity index (χ0) is 11.8. The number of hydrogen-bond acceptors (Lipinski definition) is 1. The fourth-order valence-corrected chi connectivity index (χ4v) is 2.77. The summed E-state index contributed by atoms with van der Waals surface area (Å²) in [7, 11) is 0. The lowest BCUT2D eigenvalue weighted by Gasteiger charge is -2.24. The maximum Gasteiger partial charge on any atom is 0.142 e. The Morgan fingerprint density at radius 2 is 2.31 bits per heavy atom. The summed E-state index contributed by atoms with van der Waals surface area (Å²) in [5, 5.41) is 0.176. The Hall–Kier alpha value is -0.600. The van der Waals surface area contributed by atoms with Crippen molar-refractivity contribution < 1.29 is 4.39 Å².